The molecule has 98 valence electrons. The maximum atomic E-state index is 11.6. The zero-order valence-electron chi connectivity index (χ0n) is 9.92. The van der Waals surface area contributed by atoms with Crippen molar-refractivity contribution in [2.75, 3.05) is 11.9 Å². The Kier molecular flexibility index (Phi) is 3.56. The summed E-state index contributed by atoms with van der Waals surface area (Å²) in [6.07, 6.45) is 2.66. The Hall–Kier alpha value is -2.69. The fraction of sp³-hybridized carbons (Fsp3) is 0.364. The molecule has 2 rings (SSSR count). The smallest absolute Gasteiger partial charge is 0.328 e. The van der Waals surface area contributed by atoms with Crippen molar-refractivity contribution < 1.29 is 9.72 Å². The molecule has 8 heteroatoms. The molecule has 19 heavy (non-hydrogen) atoms. The normalized spacial score (nSPS) is 18.3. The number of rotatable bonds is 3. The van der Waals surface area contributed by atoms with Crippen LogP contribution in [0.4, 0.5) is 11.5 Å². The molecule has 1 atom stereocenters. The highest BCUT2D eigenvalue weighted by atomic mass is 16.6. The summed E-state index contributed by atoms with van der Waals surface area (Å²) in [5, 5.41) is 25.3. The Labute approximate surface area is 108 Å². The Balaban J connectivity index is 2.32. The molecule has 1 aliphatic rings. The maximum Gasteiger partial charge on any atom is 0.328 e. The minimum atomic E-state index is -0.672. The first-order chi connectivity index (χ1) is 9.13. The molecule has 1 unspecified atom stereocenters. The van der Waals surface area contributed by atoms with E-state index in [4.69, 9.17) is 5.26 Å². The van der Waals surface area contributed by atoms with E-state index in [2.05, 4.69) is 15.6 Å². The van der Waals surface area contributed by atoms with E-state index in [-0.39, 0.29) is 17.3 Å². The third-order valence-corrected chi connectivity index (χ3v) is 2.82. The Bertz CT molecular complexity index is 566. The zero-order chi connectivity index (χ0) is 13.8. The molecule has 0 aromatic carbocycles. The lowest BCUT2D eigenvalue weighted by Crippen LogP contribution is -2.44. The molecule has 0 saturated carbocycles. The van der Waals surface area contributed by atoms with Gasteiger partial charge < -0.3 is 10.6 Å². The van der Waals surface area contributed by atoms with E-state index >= 15 is 0 Å². The van der Waals surface area contributed by atoms with Crippen LogP contribution in [0.3, 0.4) is 0 Å². The summed E-state index contributed by atoms with van der Waals surface area (Å²) in [7, 11) is 0. The molecule has 1 aliphatic heterocycles. The second kappa shape index (κ2) is 5.30. The molecule has 0 radical (unpaired) electrons. The van der Waals surface area contributed by atoms with E-state index in [0.717, 1.165) is 6.42 Å². The highest BCUT2D eigenvalue weighted by molar-refractivity contribution is 5.85. The van der Waals surface area contributed by atoms with Gasteiger partial charge in [-0.1, -0.05) is 0 Å². The van der Waals surface area contributed by atoms with E-state index in [0.29, 0.717) is 13.0 Å². The molecule has 0 spiro atoms. The number of anilines is 1. The van der Waals surface area contributed by atoms with Gasteiger partial charge in [0.1, 0.15) is 17.7 Å². The number of nitriles is 1. The van der Waals surface area contributed by atoms with Gasteiger partial charge in [0.15, 0.2) is 0 Å². The van der Waals surface area contributed by atoms with Crippen LogP contribution in [0.1, 0.15) is 18.4 Å². The van der Waals surface area contributed by atoms with Gasteiger partial charge in [-0.25, -0.2) is 4.98 Å². The van der Waals surface area contributed by atoms with Crippen molar-refractivity contribution >= 4 is 17.4 Å². The number of hydrogen-bond donors (Lipinski definition) is 2. The molecule has 1 aromatic heterocycles. The third-order valence-electron chi connectivity index (χ3n) is 2.82. The van der Waals surface area contributed by atoms with Crippen molar-refractivity contribution in [2.45, 2.75) is 18.9 Å². The summed E-state index contributed by atoms with van der Waals surface area (Å²) in [5.74, 6) is -0.268. The summed E-state index contributed by atoms with van der Waals surface area (Å²) < 4.78 is 0. The van der Waals surface area contributed by atoms with E-state index in [1.807, 2.05) is 0 Å². The predicted octanol–water partition coefficient (Wildman–Crippen LogP) is 0.552. The van der Waals surface area contributed by atoms with Crippen LogP contribution in [0.2, 0.25) is 0 Å². The molecular formula is C11H11N5O3. The fourth-order valence-corrected chi connectivity index (χ4v) is 1.91. The summed E-state index contributed by atoms with van der Waals surface area (Å²) >= 11 is 0. The SMILES string of the molecule is N#Cc1ccnc(NC2CCCNC2=O)c1[N+](=O)[O-]. The van der Waals surface area contributed by atoms with Gasteiger partial charge in [-0.05, 0) is 18.9 Å². The summed E-state index contributed by atoms with van der Waals surface area (Å²) in [6.45, 7) is 0.602. The van der Waals surface area contributed by atoms with E-state index < -0.39 is 16.7 Å². The number of aromatic nitrogens is 1. The predicted molar refractivity (Wildman–Crippen MR) is 65.3 cm³/mol. The maximum absolute atomic E-state index is 11.6. The summed E-state index contributed by atoms with van der Waals surface area (Å²) in [5.41, 5.74) is -0.484. The van der Waals surface area contributed by atoms with Crippen LogP contribution in [0.25, 0.3) is 0 Å². The number of hydrogen-bond acceptors (Lipinski definition) is 6. The van der Waals surface area contributed by atoms with Crippen molar-refractivity contribution in [2.24, 2.45) is 0 Å². The van der Waals surface area contributed by atoms with Crippen molar-refractivity contribution in [3.63, 3.8) is 0 Å². The Morgan fingerprint density at radius 2 is 2.42 bits per heavy atom. The number of amides is 1. The van der Waals surface area contributed by atoms with Crippen LogP contribution < -0.4 is 10.6 Å². The first-order valence-corrected chi connectivity index (χ1v) is 5.71. The van der Waals surface area contributed by atoms with Gasteiger partial charge >= 0.3 is 5.69 Å². The van der Waals surface area contributed by atoms with E-state index in [1.54, 1.807) is 6.07 Å². The van der Waals surface area contributed by atoms with Gasteiger partial charge in [0.25, 0.3) is 0 Å². The lowest BCUT2D eigenvalue weighted by Gasteiger charge is -2.23. The molecule has 2 N–H and O–H groups in total. The van der Waals surface area contributed by atoms with Gasteiger partial charge in [0.05, 0.1) is 4.92 Å². The monoisotopic (exact) mass is 261 g/mol. The molecule has 1 amide bonds. The lowest BCUT2D eigenvalue weighted by molar-refractivity contribution is -0.384. The average Bonchev–Trinajstić information content (AvgIpc) is 2.40. The Morgan fingerprint density at radius 1 is 1.63 bits per heavy atom. The first kappa shape index (κ1) is 12.8. The van der Waals surface area contributed by atoms with Gasteiger partial charge in [-0.15, -0.1) is 0 Å². The van der Waals surface area contributed by atoms with E-state index in [1.165, 1.54) is 12.3 Å². The molecule has 0 bridgehead atoms. The number of nitrogens with one attached hydrogen (secondary N) is 2. The number of pyridine rings is 1. The average molecular weight is 261 g/mol. The summed E-state index contributed by atoms with van der Waals surface area (Å²) in [4.78, 5) is 25.8. The first-order valence-electron chi connectivity index (χ1n) is 5.71. The number of carbonyl (C=O) groups excluding carboxylic acids is 1. The van der Waals surface area contributed by atoms with Gasteiger partial charge in [0.2, 0.25) is 11.7 Å². The molecule has 0 aliphatic carbocycles. The third kappa shape index (κ3) is 2.60. The molecule has 8 nitrogen and oxygen atoms in total. The largest absolute Gasteiger partial charge is 0.354 e. The highest BCUT2D eigenvalue weighted by Crippen LogP contribution is 2.26. The van der Waals surface area contributed by atoms with Crippen LogP contribution >= 0.6 is 0 Å². The summed E-state index contributed by atoms with van der Waals surface area (Å²) in [6, 6.07) is 2.45. The van der Waals surface area contributed by atoms with Crippen LogP contribution in [-0.4, -0.2) is 28.4 Å². The number of carbonyl (C=O) groups is 1. The lowest BCUT2D eigenvalue weighted by atomic mass is 10.1. The highest BCUT2D eigenvalue weighted by Gasteiger charge is 2.27. The molecule has 1 saturated heterocycles. The van der Waals surface area contributed by atoms with Crippen LogP contribution in [0, 0.1) is 21.4 Å². The molecular weight excluding hydrogens is 250 g/mol. The number of nitrogens with zero attached hydrogens (tertiary/aromatic N) is 3. The standard InChI is InChI=1S/C11H11N5O3/c12-6-7-3-5-13-10(9(7)16(18)19)15-8-2-1-4-14-11(8)17/h3,5,8H,1-2,4H2,(H,13,15)(H,14,17). The van der Waals surface area contributed by atoms with Crippen molar-refractivity contribution in [3.8, 4) is 6.07 Å². The Morgan fingerprint density at radius 3 is 3.05 bits per heavy atom. The van der Waals surface area contributed by atoms with Gasteiger partial charge in [0, 0.05) is 12.7 Å². The van der Waals surface area contributed by atoms with Crippen LogP contribution in [-0.2, 0) is 4.79 Å². The molecule has 1 fully saturated rings. The number of nitro groups is 1. The van der Waals surface area contributed by atoms with Gasteiger partial charge in [-0.3, -0.25) is 14.9 Å². The zero-order valence-corrected chi connectivity index (χ0v) is 9.92. The fourth-order valence-electron chi connectivity index (χ4n) is 1.91. The second-order valence-electron chi connectivity index (χ2n) is 4.05. The van der Waals surface area contributed by atoms with Crippen molar-refractivity contribution in [1.29, 1.82) is 5.26 Å². The molecule has 1 aromatic rings. The van der Waals surface area contributed by atoms with E-state index in [9.17, 15) is 14.9 Å². The van der Waals surface area contributed by atoms with Crippen molar-refractivity contribution in [1.82, 2.24) is 10.3 Å². The van der Waals surface area contributed by atoms with Gasteiger partial charge in [-0.2, -0.15) is 5.26 Å². The topological polar surface area (TPSA) is 121 Å². The molecule has 2 heterocycles. The van der Waals surface area contributed by atoms with Crippen LogP contribution in [0.15, 0.2) is 12.3 Å². The van der Waals surface area contributed by atoms with Crippen molar-refractivity contribution in [3.05, 3.63) is 27.9 Å². The minimum Gasteiger partial charge on any atom is -0.354 e. The minimum absolute atomic E-state index is 0.0499. The number of piperidine rings is 1. The second-order valence-corrected chi connectivity index (χ2v) is 4.05. The van der Waals surface area contributed by atoms with Crippen LogP contribution in [0.5, 0.6) is 0 Å². The quantitative estimate of drug-likeness (QED) is 0.605.